The van der Waals surface area contributed by atoms with Crippen LogP contribution in [0.3, 0.4) is 0 Å². The van der Waals surface area contributed by atoms with Crippen molar-refractivity contribution in [1.29, 1.82) is 0 Å². The minimum absolute atomic E-state index is 0.416. The Balaban J connectivity index is 1.73. The monoisotopic (exact) mass is 256 g/mol. The molecule has 2 heterocycles. The van der Waals surface area contributed by atoms with Gasteiger partial charge in [-0.15, -0.1) is 0 Å². The third-order valence-electron chi connectivity index (χ3n) is 4.29. The Hall–Kier alpha value is -0.650. The van der Waals surface area contributed by atoms with Crippen LogP contribution >= 0.6 is 0 Å². The van der Waals surface area contributed by atoms with E-state index in [9.17, 15) is 4.79 Å². The van der Waals surface area contributed by atoms with Crippen LogP contribution in [-0.2, 0) is 9.53 Å². The van der Waals surface area contributed by atoms with Crippen molar-refractivity contribution in [3.05, 3.63) is 0 Å². The number of carboxylic acids is 1. The Morgan fingerprint density at radius 2 is 2.06 bits per heavy atom. The Labute approximate surface area is 108 Å². The number of morpholine rings is 1. The number of hydrogen-bond donors (Lipinski definition) is 2. The summed E-state index contributed by atoms with van der Waals surface area (Å²) in [5.74, 6) is -0.771. The summed E-state index contributed by atoms with van der Waals surface area (Å²) in [6.45, 7) is 4.75. The van der Waals surface area contributed by atoms with Crippen LogP contribution in [0, 0.1) is 0 Å². The second kappa shape index (κ2) is 5.55. The first-order chi connectivity index (χ1) is 8.53. The van der Waals surface area contributed by atoms with Crippen LogP contribution < -0.4 is 5.32 Å². The number of likely N-dealkylation sites (tertiary alicyclic amines) is 1. The molecule has 0 aromatic rings. The Morgan fingerprint density at radius 3 is 2.56 bits per heavy atom. The standard InChI is InChI=1S/C13H24N2O3/c1-13(14-2,12(16)17)6-3-7-15-8-10-4-5-11(9-15)18-10/h10-11,14H,3-9H2,1-2H3,(H,16,17). The third-order valence-corrected chi connectivity index (χ3v) is 4.29. The maximum absolute atomic E-state index is 11.2. The van der Waals surface area contributed by atoms with E-state index in [1.807, 2.05) is 0 Å². The fraction of sp³-hybridized carbons (Fsp3) is 0.923. The number of nitrogens with zero attached hydrogens (tertiary/aromatic N) is 1. The molecule has 3 unspecified atom stereocenters. The normalized spacial score (nSPS) is 31.2. The zero-order chi connectivity index (χ0) is 13.2. The van der Waals surface area contributed by atoms with Gasteiger partial charge in [0.15, 0.2) is 0 Å². The second-order valence-corrected chi connectivity index (χ2v) is 5.71. The molecule has 2 aliphatic rings. The number of rotatable bonds is 6. The smallest absolute Gasteiger partial charge is 0.323 e. The number of fused-ring (bicyclic) bond motifs is 2. The number of hydrogen-bond acceptors (Lipinski definition) is 4. The molecule has 2 rings (SSSR count). The van der Waals surface area contributed by atoms with Gasteiger partial charge in [0.25, 0.3) is 0 Å². The van der Waals surface area contributed by atoms with Gasteiger partial charge >= 0.3 is 5.97 Å². The quantitative estimate of drug-likeness (QED) is 0.732. The van der Waals surface area contributed by atoms with Crippen molar-refractivity contribution >= 4 is 5.97 Å². The van der Waals surface area contributed by atoms with Gasteiger partial charge in [0.1, 0.15) is 5.54 Å². The largest absolute Gasteiger partial charge is 0.480 e. The molecule has 3 atom stereocenters. The van der Waals surface area contributed by atoms with Crippen molar-refractivity contribution in [3.63, 3.8) is 0 Å². The highest BCUT2D eigenvalue weighted by Crippen LogP contribution is 2.26. The molecule has 5 heteroatoms. The Kier molecular flexibility index (Phi) is 4.25. The first-order valence-corrected chi connectivity index (χ1v) is 6.83. The topological polar surface area (TPSA) is 61.8 Å². The highest BCUT2D eigenvalue weighted by molar-refractivity contribution is 5.78. The van der Waals surface area contributed by atoms with Crippen LogP contribution in [0.15, 0.2) is 0 Å². The summed E-state index contributed by atoms with van der Waals surface area (Å²) in [6, 6.07) is 0. The molecule has 18 heavy (non-hydrogen) atoms. The third kappa shape index (κ3) is 3.02. The van der Waals surface area contributed by atoms with Crippen LogP contribution in [0.5, 0.6) is 0 Å². The van der Waals surface area contributed by atoms with Gasteiger partial charge in [0.2, 0.25) is 0 Å². The maximum Gasteiger partial charge on any atom is 0.323 e. The van der Waals surface area contributed by atoms with E-state index < -0.39 is 11.5 Å². The molecule has 5 nitrogen and oxygen atoms in total. The Bertz CT molecular complexity index is 299. The fourth-order valence-electron chi connectivity index (χ4n) is 2.88. The van der Waals surface area contributed by atoms with Gasteiger partial charge in [-0.1, -0.05) is 0 Å². The summed E-state index contributed by atoms with van der Waals surface area (Å²) >= 11 is 0. The van der Waals surface area contributed by atoms with Crippen molar-refractivity contribution < 1.29 is 14.6 Å². The lowest BCUT2D eigenvalue weighted by molar-refractivity contribution is -0.144. The molecular formula is C13H24N2O3. The first-order valence-electron chi connectivity index (χ1n) is 6.83. The number of aliphatic carboxylic acids is 1. The van der Waals surface area contributed by atoms with Crippen molar-refractivity contribution in [2.45, 2.75) is 50.4 Å². The summed E-state index contributed by atoms with van der Waals surface area (Å²) in [7, 11) is 1.71. The molecule has 0 amide bonds. The zero-order valence-electron chi connectivity index (χ0n) is 11.3. The number of likely N-dealkylation sites (N-methyl/N-ethyl adjacent to an activating group) is 1. The average Bonchev–Trinajstić information content (AvgIpc) is 2.68. The maximum atomic E-state index is 11.2. The van der Waals surface area contributed by atoms with Crippen LogP contribution in [0.2, 0.25) is 0 Å². The van der Waals surface area contributed by atoms with E-state index in [0.717, 1.165) is 26.1 Å². The van der Waals surface area contributed by atoms with Gasteiger partial charge in [-0.3, -0.25) is 9.69 Å². The van der Waals surface area contributed by atoms with E-state index in [-0.39, 0.29) is 0 Å². The Morgan fingerprint density at radius 1 is 1.44 bits per heavy atom. The molecule has 2 saturated heterocycles. The van der Waals surface area contributed by atoms with Gasteiger partial charge in [-0.05, 0) is 46.2 Å². The molecule has 0 aromatic carbocycles. The van der Waals surface area contributed by atoms with Gasteiger partial charge in [-0.2, -0.15) is 0 Å². The predicted molar refractivity (Wildman–Crippen MR) is 68.7 cm³/mol. The molecule has 2 N–H and O–H groups in total. The van der Waals surface area contributed by atoms with Crippen molar-refractivity contribution in [3.8, 4) is 0 Å². The molecular weight excluding hydrogens is 232 g/mol. The van der Waals surface area contributed by atoms with E-state index in [4.69, 9.17) is 9.84 Å². The summed E-state index contributed by atoms with van der Waals surface area (Å²) in [6.07, 6.45) is 4.77. The zero-order valence-corrected chi connectivity index (χ0v) is 11.3. The van der Waals surface area contributed by atoms with Crippen LogP contribution in [0.4, 0.5) is 0 Å². The molecule has 0 aromatic heterocycles. The lowest BCUT2D eigenvalue weighted by atomic mass is 9.96. The molecule has 2 bridgehead atoms. The van der Waals surface area contributed by atoms with Crippen molar-refractivity contribution in [2.24, 2.45) is 0 Å². The SMILES string of the molecule is CNC(C)(CCCN1CC2CCC(C1)O2)C(=O)O. The van der Waals surface area contributed by atoms with Crippen molar-refractivity contribution in [2.75, 3.05) is 26.7 Å². The molecule has 104 valence electrons. The molecule has 0 saturated carbocycles. The minimum Gasteiger partial charge on any atom is -0.480 e. The average molecular weight is 256 g/mol. The number of ether oxygens (including phenoxy) is 1. The molecule has 0 radical (unpaired) electrons. The van der Waals surface area contributed by atoms with Gasteiger partial charge in [-0.25, -0.2) is 0 Å². The molecule has 2 fully saturated rings. The molecule has 0 spiro atoms. The minimum atomic E-state index is -0.800. The highest BCUT2D eigenvalue weighted by atomic mass is 16.5. The number of nitrogens with one attached hydrogen (secondary N) is 1. The summed E-state index contributed by atoms with van der Waals surface area (Å²) < 4.78 is 5.79. The first kappa shape index (κ1) is 13.8. The van der Waals surface area contributed by atoms with Gasteiger partial charge in [0, 0.05) is 13.1 Å². The van der Waals surface area contributed by atoms with E-state index in [0.29, 0.717) is 18.6 Å². The summed E-state index contributed by atoms with van der Waals surface area (Å²) in [4.78, 5) is 13.6. The van der Waals surface area contributed by atoms with Crippen molar-refractivity contribution in [1.82, 2.24) is 10.2 Å². The van der Waals surface area contributed by atoms with E-state index in [1.54, 1.807) is 14.0 Å². The molecule has 2 aliphatic heterocycles. The fourth-order valence-corrected chi connectivity index (χ4v) is 2.88. The second-order valence-electron chi connectivity index (χ2n) is 5.71. The lowest BCUT2D eigenvalue weighted by Gasteiger charge is -2.33. The highest BCUT2D eigenvalue weighted by Gasteiger charge is 2.34. The van der Waals surface area contributed by atoms with E-state index >= 15 is 0 Å². The van der Waals surface area contributed by atoms with E-state index in [2.05, 4.69) is 10.2 Å². The van der Waals surface area contributed by atoms with Gasteiger partial charge < -0.3 is 15.2 Å². The van der Waals surface area contributed by atoms with E-state index in [1.165, 1.54) is 12.8 Å². The summed E-state index contributed by atoms with van der Waals surface area (Å²) in [5.41, 5.74) is -0.800. The molecule has 0 aliphatic carbocycles. The van der Waals surface area contributed by atoms with Crippen LogP contribution in [0.1, 0.15) is 32.6 Å². The van der Waals surface area contributed by atoms with Gasteiger partial charge in [0.05, 0.1) is 12.2 Å². The van der Waals surface area contributed by atoms with Crippen LogP contribution in [-0.4, -0.2) is 60.4 Å². The summed E-state index contributed by atoms with van der Waals surface area (Å²) in [5, 5.41) is 12.1. The van der Waals surface area contributed by atoms with Crippen LogP contribution in [0.25, 0.3) is 0 Å². The lowest BCUT2D eigenvalue weighted by Crippen LogP contribution is -2.48. The number of carbonyl (C=O) groups is 1. The number of carboxylic acid groups (broad SMARTS) is 1. The predicted octanol–water partition coefficient (Wildman–Crippen LogP) is 0.693.